The first-order valence-electron chi connectivity index (χ1n) is 55.1. The van der Waals surface area contributed by atoms with E-state index in [-0.39, 0.29) is 87.9 Å². The van der Waals surface area contributed by atoms with Gasteiger partial charge in [0.05, 0.1) is 54.2 Å². The predicted molar refractivity (Wildman–Crippen MR) is 617 cm³/mol. The van der Waals surface area contributed by atoms with Crippen molar-refractivity contribution in [3.05, 3.63) is 331 Å². The summed E-state index contributed by atoms with van der Waals surface area (Å²) >= 11 is 0. The van der Waals surface area contributed by atoms with Crippen LogP contribution in [0.4, 0.5) is 0 Å². The number of rotatable bonds is 43. The Bertz CT molecular complexity index is 5260. The third kappa shape index (κ3) is 35.2. The number of hydrogen-bond donors (Lipinski definition) is 3. The van der Waals surface area contributed by atoms with E-state index in [0.29, 0.717) is 11.2 Å². The number of aldehydes is 1. The van der Waals surface area contributed by atoms with Gasteiger partial charge in [0, 0.05) is 73.2 Å². The molecule has 0 bridgehead atoms. The van der Waals surface area contributed by atoms with Crippen LogP contribution in [0.15, 0.2) is 297 Å². The molecule has 3 N–H and O–H groups in total. The molecule has 0 amide bonds. The van der Waals surface area contributed by atoms with Gasteiger partial charge in [0.15, 0.2) is 0 Å². The zero-order chi connectivity index (χ0) is 102. The number of carbonyl (C=O) groups is 1. The zero-order valence-electron chi connectivity index (χ0n) is 90.6. The second-order valence-electron chi connectivity index (χ2n) is 40.7. The second-order valence-corrected chi connectivity index (χ2v) is 47.7. The maximum absolute atomic E-state index is 11.4. The number of unbranched alkanes of at least 4 members (excludes halogenated alkanes) is 14. The van der Waals surface area contributed by atoms with E-state index in [4.69, 9.17) is 28.4 Å². The van der Waals surface area contributed by atoms with Crippen molar-refractivity contribution in [3.8, 4) is 51.7 Å². The number of phenols is 3. The number of ether oxygens (including phenoxy) is 6. The summed E-state index contributed by atoms with van der Waals surface area (Å²) in [6.07, 6.45) is 64.1. The minimum absolute atomic E-state index is 0. The van der Waals surface area contributed by atoms with E-state index in [1.807, 2.05) is 54.6 Å². The van der Waals surface area contributed by atoms with Gasteiger partial charge >= 0.3 is 0 Å². The van der Waals surface area contributed by atoms with Gasteiger partial charge in [0.2, 0.25) is 0 Å². The molecule has 0 heterocycles. The van der Waals surface area contributed by atoms with Gasteiger partial charge < -0.3 is 65.5 Å². The fraction of sp³-hybridized carbons (Fsp3) is 0.455. The first kappa shape index (κ1) is 122. The molecule has 793 valence electrons. The fourth-order valence-electron chi connectivity index (χ4n) is 22.8. The van der Waals surface area contributed by atoms with E-state index in [0.717, 1.165) is 84.0 Å². The fourth-order valence-corrected chi connectivity index (χ4v) is 31.2. The maximum Gasteiger partial charge on any atom is 0.130 e. The molecule has 0 atom stereocenters. The average Bonchev–Trinajstić information content (AvgIpc) is 1.41. The molecule has 11 aromatic rings. The van der Waals surface area contributed by atoms with Crippen LogP contribution in [0, 0.1) is 43.8 Å². The molecule has 11 aromatic carbocycles. The SMILES string of the molecule is CCCCC=CC1(c2c[c-]cc(O)c2)CCCC1.CCCCC=CC1(c2cc(OC)cc(OC)c2)CCCC1.CCCCC=P(c1ccccc1)(c1ccccc1)c1ccccc1.CCCCCCC1(c2cc(O)cc(O)c2)CCCC1.CCCCCCC1(c2cc(OC)cc(OC)c2)CCCC1.CCCCC[P+](c1ccccc1)(c1ccccc1)c1ccccc1.COc1cc(OC)cc(C2(C=O)CCCC2)c1.[Br-].[Ho]. The Balaban J connectivity index is 0.000000208. The molecule has 5 fully saturated rings. The van der Waals surface area contributed by atoms with Crippen LogP contribution in [0.25, 0.3) is 0 Å². The van der Waals surface area contributed by atoms with Crippen LogP contribution in [0.5, 0.6) is 51.7 Å². The third-order valence-electron chi connectivity index (χ3n) is 31.0. The Labute approximate surface area is 923 Å². The Morgan fingerprint density at radius 2 is 0.596 bits per heavy atom. The monoisotopic (exact) mass is 2230 g/mol. The molecule has 14 heteroatoms. The molecule has 5 saturated carbocycles. The van der Waals surface area contributed by atoms with Crippen molar-refractivity contribution in [2.45, 2.75) is 338 Å². The van der Waals surface area contributed by atoms with E-state index in [1.165, 1.54) is 298 Å². The van der Waals surface area contributed by atoms with Crippen LogP contribution >= 0.6 is 14.1 Å². The van der Waals surface area contributed by atoms with Crippen molar-refractivity contribution in [1.29, 1.82) is 0 Å². The Hall–Kier alpha value is -8.76. The molecule has 0 spiro atoms. The molecule has 0 aliphatic heterocycles. The first-order valence-corrected chi connectivity index (χ1v) is 58.9. The van der Waals surface area contributed by atoms with E-state index >= 15 is 0 Å². The number of halogens is 1. The van der Waals surface area contributed by atoms with Crippen LogP contribution in [-0.4, -0.2) is 76.2 Å². The van der Waals surface area contributed by atoms with E-state index in [9.17, 15) is 20.1 Å². The second kappa shape index (κ2) is 66.0. The van der Waals surface area contributed by atoms with Crippen LogP contribution < -0.4 is 77.2 Å². The van der Waals surface area contributed by atoms with Crippen LogP contribution in [0.2, 0.25) is 0 Å². The zero-order valence-corrected chi connectivity index (χ0v) is 95.9. The number of aromatic hydroxyl groups is 3. The molecule has 1 radical (unpaired) electrons. The van der Waals surface area contributed by atoms with Crippen molar-refractivity contribution in [2.24, 2.45) is 0 Å². The minimum atomic E-state index is -1.71. The van der Waals surface area contributed by atoms with Crippen molar-refractivity contribution in [3.63, 3.8) is 0 Å². The number of phenolic OH excluding ortho intramolecular Hbond substituents is 3. The topological polar surface area (TPSA) is 133 Å². The Kier molecular flexibility index (Phi) is 55.4. The summed E-state index contributed by atoms with van der Waals surface area (Å²) < 4.78 is 32.3. The molecule has 10 nitrogen and oxygen atoms in total. The average molecular weight is 2230 g/mol. The normalized spacial score (nSPS) is 15.3. The summed E-state index contributed by atoms with van der Waals surface area (Å²) in [6, 6.07) is 98.9. The molecule has 0 saturated heterocycles. The van der Waals surface area contributed by atoms with Gasteiger partial charge in [-0.05, 0) is 236 Å². The summed E-state index contributed by atoms with van der Waals surface area (Å²) in [5.41, 5.74) is 6.70. The maximum atomic E-state index is 11.4. The van der Waals surface area contributed by atoms with E-state index < -0.39 is 14.1 Å². The standard InChI is InChI=1S/C23H26P.C23H25P.C19H30O2.C19H28O2.C17H26O2.C17H23O.C14H18O3.BrH.Ho/c2*1-2-3-13-20-24(21-14-7-4-8-15-21,22-16-9-5-10-17-22)23-18-11-6-12-19-23;2*1-4-5-6-7-10-19(11-8-9-12-19)16-13-17(20-2)15-18(14-16)21-3;1-2-3-4-5-8-17(9-6-7-10-17)14-11-15(18)13-16(19)12-14;1-2-3-4-5-11-17(12-6-7-13-17)15-9-8-10-16(18)14-15;1-16-12-7-11(8-13(9-12)17-2)14(10-15)5-3-4-6-14;;/h4-12,14-19H,2-3,13,20H2,1H3;4-12,14-20H,2-3,13H2,1H3;13-15H,4-12H2,1-3H3;7,10,13-15H,4-6,8-9,11-12H2,1-3H3;11-13,18-19H,2-10H2,1H3;5,9-11,14,18H,2-4,6-7,12-13H2,1H3;7-10H,3-6H2,1-2H3;1H;/q+1;;;;;-1;;;/p-1. The Morgan fingerprint density at radius 1 is 0.308 bits per heavy atom. The molecule has 5 aliphatic rings. The predicted octanol–water partition coefficient (Wildman–Crippen LogP) is 30.2. The van der Waals surface area contributed by atoms with Gasteiger partial charge in [0.1, 0.15) is 75.5 Å². The number of carbonyl (C=O) groups excluding carboxylic acids is 1. The molecular formula is C132H176BrHoO10P2-. The minimum Gasteiger partial charge on any atom is -1.00 e. The first-order chi connectivity index (χ1) is 70.4. The van der Waals surface area contributed by atoms with Gasteiger partial charge in [-0.15, -0.1) is 17.7 Å². The van der Waals surface area contributed by atoms with Gasteiger partial charge in [-0.2, -0.15) is 12.1 Å². The van der Waals surface area contributed by atoms with Crippen molar-refractivity contribution < 1.29 is 103 Å². The largest absolute Gasteiger partial charge is 1.00 e. The number of benzene rings is 11. The molecule has 0 unspecified atom stereocenters. The molecule has 16 rings (SSSR count). The molecular weight excluding hydrogens is 2050 g/mol. The third-order valence-corrected chi connectivity index (χ3v) is 39.7. The summed E-state index contributed by atoms with van der Waals surface area (Å²) in [6.45, 7) is 11.8. The van der Waals surface area contributed by atoms with Crippen LogP contribution in [0.1, 0.15) is 339 Å². The van der Waals surface area contributed by atoms with Crippen molar-refractivity contribution >= 4 is 58.1 Å². The summed E-state index contributed by atoms with van der Waals surface area (Å²) in [4.78, 5) is 11.4. The molecule has 0 aromatic heterocycles. The molecule has 146 heavy (non-hydrogen) atoms. The van der Waals surface area contributed by atoms with Gasteiger partial charge in [-0.25, -0.2) is 0 Å². The van der Waals surface area contributed by atoms with E-state index in [1.54, 1.807) is 48.7 Å². The summed E-state index contributed by atoms with van der Waals surface area (Å²) in [5, 5.41) is 37.9. The smallest absolute Gasteiger partial charge is 0.130 e. The van der Waals surface area contributed by atoms with E-state index in [2.05, 4.69) is 284 Å². The summed E-state index contributed by atoms with van der Waals surface area (Å²) in [7, 11) is 8.58. The van der Waals surface area contributed by atoms with Crippen molar-refractivity contribution in [1.82, 2.24) is 0 Å². The molecule has 5 aliphatic carbocycles. The van der Waals surface area contributed by atoms with Crippen LogP contribution in [-0.2, 0) is 31.9 Å². The number of hydrogen-bond acceptors (Lipinski definition) is 10. The van der Waals surface area contributed by atoms with Gasteiger partial charge in [0.25, 0.3) is 0 Å². The number of allylic oxidation sites excluding steroid dienone is 4. The van der Waals surface area contributed by atoms with Crippen molar-refractivity contribution in [2.75, 3.05) is 48.8 Å². The van der Waals surface area contributed by atoms with Gasteiger partial charge in [-0.3, -0.25) is 0 Å². The quantitative estimate of drug-likeness (QED) is 0.00847. The number of methoxy groups -OCH3 is 6. The Morgan fingerprint density at radius 3 is 0.925 bits per heavy atom. The van der Waals surface area contributed by atoms with Gasteiger partial charge in [-0.1, -0.05) is 397 Å². The van der Waals surface area contributed by atoms with Crippen LogP contribution in [0.3, 0.4) is 0 Å². The summed E-state index contributed by atoms with van der Waals surface area (Å²) in [5.74, 6) is 8.44.